The Labute approximate surface area is 93.6 Å². The van der Waals surface area contributed by atoms with E-state index in [9.17, 15) is 4.79 Å². The maximum Gasteiger partial charge on any atom is 0.332 e. The standard InChI is InChI=1S/C11H13N3O2/c1-2-6-16-10-5-3-4-9(7-10)8-13-14-11(12)15/h2-5,7-8H,1,6H2,(H3,12,14,15)/b13-8+. The van der Waals surface area contributed by atoms with E-state index in [-0.39, 0.29) is 0 Å². The fraction of sp³-hybridized carbons (Fsp3) is 0.0909. The quantitative estimate of drug-likeness (QED) is 0.444. The first-order valence-electron chi connectivity index (χ1n) is 4.64. The summed E-state index contributed by atoms with van der Waals surface area (Å²) in [6, 6.07) is 6.56. The number of hydrogen-bond donors (Lipinski definition) is 2. The van der Waals surface area contributed by atoms with Crippen molar-refractivity contribution in [3.05, 3.63) is 42.5 Å². The van der Waals surface area contributed by atoms with E-state index in [4.69, 9.17) is 10.5 Å². The Morgan fingerprint density at radius 2 is 2.44 bits per heavy atom. The van der Waals surface area contributed by atoms with Crippen LogP contribution in [-0.4, -0.2) is 18.9 Å². The van der Waals surface area contributed by atoms with Gasteiger partial charge in [0.2, 0.25) is 0 Å². The van der Waals surface area contributed by atoms with Gasteiger partial charge in [-0.15, -0.1) is 0 Å². The molecule has 0 saturated heterocycles. The van der Waals surface area contributed by atoms with Gasteiger partial charge in [0.15, 0.2) is 0 Å². The second-order valence-electron chi connectivity index (χ2n) is 2.91. The van der Waals surface area contributed by atoms with Crippen LogP contribution in [0.25, 0.3) is 0 Å². The number of rotatable bonds is 5. The number of ether oxygens (including phenoxy) is 1. The smallest absolute Gasteiger partial charge is 0.332 e. The first-order chi connectivity index (χ1) is 7.72. The van der Waals surface area contributed by atoms with Crippen LogP contribution in [0.4, 0.5) is 4.79 Å². The number of urea groups is 1. The van der Waals surface area contributed by atoms with Crippen molar-refractivity contribution in [2.45, 2.75) is 0 Å². The molecule has 0 aliphatic heterocycles. The van der Waals surface area contributed by atoms with Crippen LogP contribution in [0, 0.1) is 0 Å². The summed E-state index contributed by atoms with van der Waals surface area (Å²) >= 11 is 0. The number of hydrazone groups is 1. The first kappa shape index (κ1) is 11.8. The van der Waals surface area contributed by atoms with E-state index in [0.29, 0.717) is 12.4 Å². The topological polar surface area (TPSA) is 76.7 Å². The molecule has 1 aromatic carbocycles. The Morgan fingerprint density at radius 1 is 1.62 bits per heavy atom. The van der Waals surface area contributed by atoms with Crippen LogP contribution in [0.15, 0.2) is 42.0 Å². The van der Waals surface area contributed by atoms with Gasteiger partial charge < -0.3 is 10.5 Å². The average molecular weight is 219 g/mol. The molecule has 0 atom stereocenters. The minimum absolute atomic E-state index is 0.445. The highest BCUT2D eigenvalue weighted by Crippen LogP contribution is 2.11. The van der Waals surface area contributed by atoms with E-state index in [1.54, 1.807) is 12.1 Å². The Balaban J connectivity index is 2.62. The summed E-state index contributed by atoms with van der Waals surface area (Å²) in [6.07, 6.45) is 3.14. The van der Waals surface area contributed by atoms with Gasteiger partial charge in [-0.2, -0.15) is 5.10 Å². The fourth-order valence-corrected chi connectivity index (χ4v) is 1.01. The van der Waals surface area contributed by atoms with Crippen LogP contribution in [0.5, 0.6) is 5.75 Å². The van der Waals surface area contributed by atoms with Gasteiger partial charge in [0.05, 0.1) is 6.21 Å². The van der Waals surface area contributed by atoms with Crippen LogP contribution in [0.1, 0.15) is 5.56 Å². The lowest BCUT2D eigenvalue weighted by molar-refractivity contribution is 0.249. The van der Waals surface area contributed by atoms with Crippen molar-refractivity contribution < 1.29 is 9.53 Å². The van der Waals surface area contributed by atoms with Gasteiger partial charge in [0, 0.05) is 0 Å². The number of hydrogen-bond acceptors (Lipinski definition) is 3. The molecule has 5 nitrogen and oxygen atoms in total. The second kappa shape index (κ2) is 6.23. The van der Waals surface area contributed by atoms with E-state index < -0.39 is 6.03 Å². The van der Waals surface area contributed by atoms with Crippen LogP contribution in [0.3, 0.4) is 0 Å². The number of nitrogens with one attached hydrogen (secondary N) is 1. The number of primary amides is 1. The van der Waals surface area contributed by atoms with Crippen LogP contribution >= 0.6 is 0 Å². The van der Waals surface area contributed by atoms with Gasteiger partial charge in [0.25, 0.3) is 0 Å². The molecule has 0 unspecified atom stereocenters. The normalized spacial score (nSPS) is 10.0. The van der Waals surface area contributed by atoms with Crippen molar-refractivity contribution in [3.8, 4) is 5.75 Å². The predicted molar refractivity (Wildman–Crippen MR) is 62.4 cm³/mol. The molecule has 0 radical (unpaired) electrons. The Hall–Kier alpha value is -2.30. The largest absolute Gasteiger partial charge is 0.490 e. The zero-order valence-electron chi connectivity index (χ0n) is 8.72. The van der Waals surface area contributed by atoms with Crippen molar-refractivity contribution in [2.24, 2.45) is 10.8 Å². The van der Waals surface area contributed by atoms with Crippen LogP contribution in [-0.2, 0) is 0 Å². The molecule has 3 N–H and O–H groups in total. The number of nitrogens with zero attached hydrogens (tertiary/aromatic N) is 1. The highest BCUT2D eigenvalue weighted by Gasteiger charge is 1.93. The summed E-state index contributed by atoms with van der Waals surface area (Å²) in [5, 5.41) is 3.64. The minimum atomic E-state index is -0.699. The van der Waals surface area contributed by atoms with Crippen molar-refractivity contribution in [1.82, 2.24) is 5.43 Å². The lowest BCUT2D eigenvalue weighted by atomic mass is 10.2. The maximum absolute atomic E-state index is 10.4. The van der Waals surface area contributed by atoms with Gasteiger partial charge in [0.1, 0.15) is 12.4 Å². The molecule has 2 amide bonds. The predicted octanol–water partition coefficient (Wildman–Crippen LogP) is 1.25. The first-order valence-corrected chi connectivity index (χ1v) is 4.64. The summed E-state index contributed by atoms with van der Waals surface area (Å²) in [4.78, 5) is 10.4. The van der Waals surface area contributed by atoms with E-state index in [2.05, 4.69) is 17.1 Å². The Morgan fingerprint density at radius 3 is 3.12 bits per heavy atom. The number of carbonyl (C=O) groups is 1. The van der Waals surface area contributed by atoms with Crippen molar-refractivity contribution in [1.29, 1.82) is 0 Å². The zero-order valence-corrected chi connectivity index (χ0v) is 8.72. The van der Waals surface area contributed by atoms with Crippen molar-refractivity contribution in [3.63, 3.8) is 0 Å². The molecule has 1 aromatic rings. The molecule has 0 aliphatic rings. The summed E-state index contributed by atoms with van der Waals surface area (Å²) in [6.45, 7) is 4.00. The Kier molecular flexibility index (Phi) is 4.59. The number of benzene rings is 1. The number of carbonyl (C=O) groups excluding carboxylic acids is 1. The van der Waals surface area contributed by atoms with Gasteiger partial charge in [-0.3, -0.25) is 0 Å². The minimum Gasteiger partial charge on any atom is -0.490 e. The van der Waals surface area contributed by atoms with Gasteiger partial charge in [-0.25, -0.2) is 10.2 Å². The van der Waals surface area contributed by atoms with Gasteiger partial charge in [-0.1, -0.05) is 24.8 Å². The molecule has 84 valence electrons. The summed E-state index contributed by atoms with van der Waals surface area (Å²) in [5.41, 5.74) is 7.76. The van der Waals surface area contributed by atoms with Gasteiger partial charge >= 0.3 is 6.03 Å². The lowest BCUT2D eigenvalue weighted by Crippen LogP contribution is -2.24. The van der Waals surface area contributed by atoms with E-state index in [0.717, 1.165) is 5.56 Å². The highest BCUT2D eigenvalue weighted by molar-refractivity contribution is 5.81. The van der Waals surface area contributed by atoms with Crippen LogP contribution in [0.2, 0.25) is 0 Å². The molecular weight excluding hydrogens is 206 g/mol. The molecule has 16 heavy (non-hydrogen) atoms. The molecule has 0 spiro atoms. The van der Waals surface area contributed by atoms with E-state index in [1.165, 1.54) is 6.21 Å². The number of nitrogens with two attached hydrogens (primary N) is 1. The molecule has 0 aliphatic carbocycles. The molecule has 0 fully saturated rings. The summed E-state index contributed by atoms with van der Waals surface area (Å²) in [7, 11) is 0. The van der Waals surface area contributed by atoms with E-state index >= 15 is 0 Å². The SMILES string of the molecule is C=CCOc1cccc(/C=N/NC(N)=O)c1. The third-order valence-corrected chi connectivity index (χ3v) is 1.61. The van der Waals surface area contributed by atoms with E-state index in [1.807, 2.05) is 18.2 Å². The third kappa shape index (κ3) is 4.28. The van der Waals surface area contributed by atoms with Crippen molar-refractivity contribution in [2.75, 3.05) is 6.61 Å². The maximum atomic E-state index is 10.4. The highest BCUT2D eigenvalue weighted by atomic mass is 16.5. The van der Waals surface area contributed by atoms with Gasteiger partial charge in [-0.05, 0) is 17.7 Å². The monoisotopic (exact) mass is 219 g/mol. The molecule has 0 aromatic heterocycles. The molecule has 1 rings (SSSR count). The number of amides is 2. The summed E-state index contributed by atoms with van der Waals surface area (Å²) < 4.78 is 5.33. The zero-order chi connectivity index (χ0) is 11.8. The fourth-order valence-electron chi connectivity index (χ4n) is 1.01. The molecular formula is C11H13N3O2. The Bertz CT molecular complexity index is 402. The van der Waals surface area contributed by atoms with Crippen LogP contribution < -0.4 is 15.9 Å². The molecule has 5 heteroatoms. The third-order valence-electron chi connectivity index (χ3n) is 1.61. The average Bonchev–Trinajstić information content (AvgIpc) is 2.26. The molecule has 0 bridgehead atoms. The lowest BCUT2D eigenvalue weighted by Gasteiger charge is -2.03. The molecule has 0 saturated carbocycles. The molecule has 0 heterocycles. The van der Waals surface area contributed by atoms with Crippen molar-refractivity contribution >= 4 is 12.2 Å². The second-order valence-corrected chi connectivity index (χ2v) is 2.91. The summed E-state index contributed by atoms with van der Waals surface area (Å²) in [5.74, 6) is 0.711.